The molecule has 1 atom stereocenters. The third kappa shape index (κ3) is 4.21. The molecule has 1 saturated carbocycles. The minimum atomic E-state index is -3.04. The van der Waals surface area contributed by atoms with Crippen molar-refractivity contribution in [2.75, 3.05) is 25.4 Å². The monoisotopic (exact) mass is 274 g/mol. The fourth-order valence-electron chi connectivity index (χ4n) is 2.63. The van der Waals surface area contributed by atoms with Crippen LogP contribution in [0.15, 0.2) is 0 Å². The molecule has 0 spiro atoms. The normalized spacial score (nSPS) is 27.1. The average Bonchev–Trinajstić information content (AvgIpc) is 3.14. The third-order valence-corrected chi connectivity index (χ3v) is 6.02. The van der Waals surface area contributed by atoms with Crippen LogP contribution in [0.4, 0.5) is 0 Å². The molecule has 0 aromatic rings. The van der Waals surface area contributed by atoms with Crippen molar-refractivity contribution < 1.29 is 8.42 Å². The quantitative estimate of drug-likeness (QED) is 0.800. The maximum atomic E-state index is 12.2. The SMILES string of the molecule is CCC1CCCN(S(=O)(=O)CCNC2CC2)CC1. The van der Waals surface area contributed by atoms with Gasteiger partial charge in [0.2, 0.25) is 10.0 Å². The summed E-state index contributed by atoms with van der Waals surface area (Å²) in [5.41, 5.74) is 0. The Bertz CT molecular complexity index is 352. The number of sulfonamides is 1. The summed E-state index contributed by atoms with van der Waals surface area (Å²) in [6.45, 7) is 4.27. The molecule has 5 heteroatoms. The van der Waals surface area contributed by atoms with E-state index >= 15 is 0 Å². The van der Waals surface area contributed by atoms with Gasteiger partial charge in [-0.3, -0.25) is 0 Å². The second-order valence-corrected chi connectivity index (χ2v) is 7.74. The van der Waals surface area contributed by atoms with Crippen LogP contribution in [0.2, 0.25) is 0 Å². The zero-order valence-corrected chi connectivity index (χ0v) is 12.2. The molecule has 1 unspecified atom stereocenters. The topological polar surface area (TPSA) is 49.4 Å². The Morgan fingerprint density at radius 3 is 2.61 bits per heavy atom. The van der Waals surface area contributed by atoms with E-state index in [9.17, 15) is 8.42 Å². The van der Waals surface area contributed by atoms with Crippen LogP contribution in [0.1, 0.15) is 45.4 Å². The first-order chi connectivity index (χ1) is 8.62. The van der Waals surface area contributed by atoms with Gasteiger partial charge >= 0.3 is 0 Å². The molecule has 1 aliphatic heterocycles. The van der Waals surface area contributed by atoms with E-state index in [1.807, 2.05) is 0 Å². The highest BCUT2D eigenvalue weighted by molar-refractivity contribution is 7.89. The molecular formula is C13H26N2O2S. The van der Waals surface area contributed by atoms with E-state index < -0.39 is 10.0 Å². The van der Waals surface area contributed by atoms with Gasteiger partial charge in [-0.15, -0.1) is 0 Å². The van der Waals surface area contributed by atoms with Crippen molar-refractivity contribution in [3.05, 3.63) is 0 Å². The maximum Gasteiger partial charge on any atom is 0.215 e. The highest BCUT2D eigenvalue weighted by Crippen LogP contribution is 2.22. The Morgan fingerprint density at radius 1 is 1.17 bits per heavy atom. The number of hydrogen-bond donors (Lipinski definition) is 1. The van der Waals surface area contributed by atoms with Crippen molar-refractivity contribution in [3.63, 3.8) is 0 Å². The molecule has 1 heterocycles. The minimum Gasteiger partial charge on any atom is -0.313 e. The van der Waals surface area contributed by atoms with Crippen LogP contribution in [0, 0.1) is 5.92 Å². The largest absolute Gasteiger partial charge is 0.313 e. The van der Waals surface area contributed by atoms with Gasteiger partial charge in [-0.25, -0.2) is 12.7 Å². The number of nitrogens with one attached hydrogen (secondary N) is 1. The first kappa shape index (κ1) is 14.3. The van der Waals surface area contributed by atoms with Crippen molar-refractivity contribution in [1.82, 2.24) is 9.62 Å². The summed E-state index contributed by atoms with van der Waals surface area (Å²) in [5, 5.41) is 3.28. The average molecular weight is 274 g/mol. The van der Waals surface area contributed by atoms with Gasteiger partial charge in [0.15, 0.2) is 0 Å². The van der Waals surface area contributed by atoms with E-state index in [0.717, 1.165) is 31.8 Å². The fourth-order valence-corrected chi connectivity index (χ4v) is 4.06. The lowest BCUT2D eigenvalue weighted by Gasteiger charge is -2.20. The molecule has 0 amide bonds. The molecule has 4 nitrogen and oxygen atoms in total. The summed E-state index contributed by atoms with van der Waals surface area (Å²) in [5.74, 6) is 0.982. The van der Waals surface area contributed by atoms with Crippen LogP contribution < -0.4 is 5.32 Å². The minimum absolute atomic E-state index is 0.264. The molecule has 0 aromatic heterocycles. The lowest BCUT2D eigenvalue weighted by atomic mass is 9.98. The Hall–Kier alpha value is -0.130. The predicted octanol–water partition coefficient (Wildman–Crippen LogP) is 1.58. The third-order valence-electron chi connectivity index (χ3n) is 4.15. The van der Waals surface area contributed by atoms with Gasteiger partial charge in [-0.05, 0) is 38.0 Å². The van der Waals surface area contributed by atoms with Crippen molar-refractivity contribution in [2.45, 2.75) is 51.5 Å². The lowest BCUT2D eigenvalue weighted by Crippen LogP contribution is -2.37. The van der Waals surface area contributed by atoms with Crippen LogP contribution in [-0.2, 0) is 10.0 Å². The summed E-state index contributed by atoms with van der Waals surface area (Å²) < 4.78 is 26.2. The fraction of sp³-hybridized carbons (Fsp3) is 1.00. The van der Waals surface area contributed by atoms with Crippen LogP contribution in [-0.4, -0.2) is 44.2 Å². The van der Waals surface area contributed by atoms with Gasteiger partial charge < -0.3 is 5.32 Å². The Balaban J connectivity index is 1.79. The standard InChI is InChI=1S/C13H26N2O2S/c1-2-12-4-3-9-15(10-7-12)18(16,17)11-8-14-13-5-6-13/h12-14H,2-11H2,1H3. The molecule has 0 aromatic carbocycles. The summed E-state index contributed by atoms with van der Waals surface area (Å²) >= 11 is 0. The van der Waals surface area contributed by atoms with Crippen molar-refractivity contribution in [2.24, 2.45) is 5.92 Å². The number of nitrogens with zero attached hydrogens (tertiary/aromatic N) is 1. The Kier molecular flexibility index (Phi) is 5.04. The predicted molar refractivity (Wildman–Crippen MR) is 74.0 cm³/mol. The molecule has 2 rings (SSSR count). The van der Waals surface area contributed by atoms with Gasteiger partial charge in [0.25, 0.3) is 0 Å². The van der Waals surface area contributed by atoms with E-state index in [1.165, 1.54) is 25.7 Å². The van der Waals surface area contributed by atoms with Crippen LogP contribution >= 0.6 is 0 Å². The molecule has 18 heavy (non-hydrogen) atoms. The molecule has 1 N–H and O–H groups in total. The summed E-state index contributed by atoms with van der Waals surface area (Å²) in [6, 6.07) is 0.591. The summed E-state index contributed by atoms with van der Waals surface area (Å²) in [4.78, 5) is 0. The molecule has 1 saturated heterocycles. The van der Waals surface area contributed by atoms with Gasteiger partial charge in [0, 0.05) is 25.7 Å². The van der Waals surface area contributed by atoms with E-state index in [2.05, 4.69) is 12.2 Å². The van der Waals surface area contributed by atoms with E-state index in [4.69, 9.17) is 0 Å². The van der Waals surface area contributed by atoms with Gasteiger partial charge in [0.05, 0.1) is 5.75 Å². The molecular weight excluding hydrogens is 248 g/mol. The second kappa shape index (κ2) is 6.35. The zero-order valence-electron chi connectivity index (χ0n) is 11.4. The first-order valence-electron chi connectivity index (χ1n) is 7.33. The summed E-state index contributed by atoms with van der Waals surface area (Å²) in [7, 11) is -3.04. The van der Waals surface area contributed by atoms with Gasteiger partial charge in [0.1, 0.15) is 0 Å². The van der Waals surface area contributed by atoms with Crippen LogP contribution in [0.5, 0.6) is 0 Å². The first-order valence-corrected chi connectivity index (χ1v) is 8.94. The van der Waals surface area contributed by atoms with Crippen molar-refractivity contribution in [1.29, 1.82) is 0 Å². The lowest BCUT2D eigenvalue weighted by molar-refractivity contribution is 0.407. The van der Waals surface area contributed by atoms with E-state index in [-0.39, 0.29) is 5.75 Å². The summed E-state index contributed by atoms with van der Waals surface area (Å²) in [6.07, 6.45) is 6.84. The van der Waals surface area contributed by atoms with Crippen LogP contribution in [0.3, 0.4) is 0 Å². The van der Waals surface area contributed by atoms with Crippen LogP contribution in [0.25, 0.3) is 0 Å². The van der Waals surface area contributed by atoms with E-state index in [1.54, 1.807) is 4.31 Å². The van der Waals surface area contributed by atoms with Crippen molar-refractivity contribution >= 4 is 10.0 Å². The highest BCUT2D eigenvalue weighted by atomic mass is 32.2. The molecule has 106 valence electrons. The van der Waals surface area contributed by atoms with E-state index in [0.29, 0.717) is 12.6 Å². The van der Waals surface area contributed by atoms with Crippen molar-refractivity contribution in [3.8, 4) is 0 Å². The second-order valence-electron chi connectivity index (χ2n) is 5.65. The maximum absolute atomic E-state index is 12.2. The molecule has 2 fully saturated rings. The Morgan fingerprint density at radius 2 is 1.94 bits per heavy atom. The number of rotatable bonds is 6. The molecule has 1 aliphatic carbocycles. The van der Waals surface area contributed by atoms with Gasteiger partial charge in [-0.1, -0.05) is 13.3 Å². The highest BCUT2D eigenvalue weighted by Gasteiger charge is 2.26. The van der Waals surface area contributed by atoms with Gasteiger partial charge in [-0.2, -0.15) is 0 Å². The zero-order chi connectivity index (χ0) is 13.0. The smallest absolute Gasteiger partial charge is 0.215 e. The number of hydrogen-bond acceptors (Lipinski definition) is 3. The molecule has 0 radical (unpaired) electrons. The molecule has 0 bridgehead atoms. The molecule has 2 aliphatic rings. The Labute approximate surface area is 111 Å².